The monoisotopic (exact) mass is 238 g/mol. The number of carbonyl (C=O) groups excluding carboxylic acids is 1. The van der Waals surface area contributed by atoms with E-state index in [1.165, 1.54) is 38.5 Å². The number of hydrogen-bond donors (Lipinski definition) is 1. The van der Waals surface area contributed by atoms with Crippen molar-refractivity contribution in [1.29, 1.82) is 0 Å². The molecule has 1 N–H and O–H groups in total. The van der Waals surface area contributed by atoms with Gasteiger partial charge in [-0.2, -0.15) is 0 Å². The van der Waals surface area contributed by atoms with Crippen molar-refractivity contribution in [3.63, 3.8) is 0 Å². The molecule has 3 nitrogen and oxygen atoms in total. The van der Waals surface area contributed by atoms with Crippen LogP contribution in [-0.2, 0) is 4.79 Å². The van der Waals surface area contributed by atoms with Gasteiger partial charge in [-0.05, 0) is 43.9 Å². The Labute approximate surface area is 105 Å². The number of nitrogens with zero attached hydrogens (tertiary/aromatic N) is 1. The van der Waals surface area contributed by atoms with E-state index in [4.69, 9.17) is 0 Å². The summed E-state index contributed by atoms with van der Waals surface area (Å²) >= 11 is 0. The van der Waals surface area contributed by atoms with Crippen LogP contribution in [0.2, 0.25) is 0 Å². The third kappa shape index (κ3) is 3.70. The van der Waals surface area contributed by atoms with Crippen LogP contribution >= 0.6 is 0 Å². The van der Waals surface area contributed by atoms with E-state index in [9.17, 15) is 4.79 Å². The number of likely N-dealkylation sites (tertiary alicyclic amines) is 1. The predicted molar refractivity (Wildman–Crippen MR) is 69.9 cm³/mol. The summed E-state index contributed by atoms with van der Waals surface area (Å²) in [5.41, 5.74) is 0.511. The normalized spacial score (nSPS) is 25.2. The highest BCUT2D eigenvalue weighted by atomic mass is 16.2. The van der Waals surface area contributed by atoms with Crippen molar-refractivity contribution in [2.75, 3.05) is 19.6 Å². The van der Waals surface area contributed by atoms with Crippen LogP contribution in [0.25, 0.3) is 0 Å². The first-order valence-corrected chi connectivity index (χ1v) is 7.08. The number of hydrogen-bond acceptors (Lipinski definition) is 2. The molecule has 98 valence electrons. The average molecular weight is 238 g/mol. The Balaban J connectivity index is 1.67. The molecule has 0 aromatic rings. The Morgan fingerprint density at radius 2 is 1.82 bits per heavy atom. The van der Waals surface area contributed by atoms with Crippen molar-refractivity contribution >= 4 is 5.91 Å². The molecule has 0 bridgehead atoms. The van der Waals surface area contributed by atoms with E-state index in [2.05, 4.69) is 19.2 Å². The van der Waals surface area contributed by atoms with E-state index in [1.54, 1.807) is 0 Å². The number of rotatable bonds is 3. The van der Waals surface area contributed by atoms with Gasteiger partial charge >= 0.3 is 0 Å². The average Bonchev–Trinajstić information content (AvgIpc) is 2.80. The van der Waals surface area contributed by atoms with E-state index < -0.39 is 0 Å². The highest BCUT2D eigenvalue weighted by Gasteiger charge is 2.27. The maximum absolute atomic E-state index is 11.9. The zero-order valence-corrected chi connectivity index (χ0v) is 11.3. The van der Waals surface area contributed by atoms with E-state index in [1.807, 2.05) is 4.90 Å². The molecule has 1 saturated heterocycles. The van der Waals surface area contributed by atoms with Crippen LogP contribution in [0.3, 0.4) is 0 Å². The van der Waals surface area contributed by atoms with Gasteiger partial charge in [0.1, 0.15) is 0 Å². The van der Waals surface area contributed by atoms with Crippen molar-refractivity contribution < 1.29 is 4.79 Å². The molecule has 1 heterocycles. The van der Waals surface area contributed by atoms with Crippen LogP contribution in [0.5, 0.6) is 0 Å². The molecule has 0 aromatic carbocycles. The fraction of sp³-hybridized carbons (Fsp3) is 0.929. The molecular formula is C14H26N2O. The summed E-state index contributed by atoms with van der Waals surface area (Å²) in [7, 11) is 0. The molecule has 1 aliphatic carbocycles. The molecule has 0 atom stereocenters. The van der Waals surface area contributed by atoms with Crippen LogP contribution in [0.1, 0.15) is 52.4 Å². The Morgan fingerprint density at radius 3 is 2.41 bits per heavy atom. The van der Waals surface area contributed by atoms with Crippen LogP contribution in [0.15, 0.2) is 0 Å². The second-order valence-electron chi connectivity index (χ2n) is 6.41. The van der Waals surface area contributed by atoms with E-state index in [0.717, 1.165) is 13.1 Å². The fourth-order valence-corrected chi connectivity index (χ4v) is 2.91. The first-order valence-electron chi connectivity index (χ1n) is 7.08. The molecule has 1 aliphatic heterocycles. The van der Waals surface area contributed by atoms with Gasteiger partial charge in [-0.25, -0.2) is 0 Å². The third-order valence-electron chi connectivity index (χ3n) is 4.34. The van der Waals surface area contributed by atoms with E-state index in [-0.39, 0.29) is 0 Å². The molecule has 2 rings (SSSR count). The van der Waals surface area contributed by atoms with Crippen LogP contribution in [0.4, 0.5) is 0 Å². The number of amides is 1. The molecule has 3 heteroatoms. The van der Waals surface area contributed by atoms with Gasteiger partial charge in [-0.15, -0.1) is 0 Å². The lowest BCUT2D eigenvalue weighted by atomic mass is 9.75. The Kier molecular flexibility index (Phi) is 4.08. The Bertz CT molecular complexity index is 259. The molecule has 0 aromatic heterocycles. The molecule has 1 saturated carbocycles. The minimum Gasteiger partial charge on any atom is -0.342 e. The lowest BCUT2D eigenvalue weighted by Crippen LogP contribution is -2.42. The molecule has 0 spiro atoms. The molecule has 2 fully saturated rings. The van der Waals surface area contributed by atoms with Gasteiger partial charge in [0.05, 0.1) is 6.54 Å². The van der Waals surface area contributed by atoms with Gasteiger partial charge in [-0.3, -0.25) is 4.79 Å². The summed E-state index contributed by atoms with van der Waals surface area (Å²) in [4.78, 5) is 13.9. The standard InChI is InChI=1S/C14H26N2O/c1-14(2)7-5-12(6-8-14)15-11-13(17)16-9-3-4-10-16/h12,15H,3-11H2,1-2H3. The quantitative estimate of drug-likeness (QED) is 0.817. The molecule has 2 aliphatic rings. The predicted octanol–water partition coefficient (Wildman–Crippen LogP) is 2.17. The zero-order chi connectivity index (χ0) is 12.3. The first kappa shape index (κ1) is 12.9. The molecule has 0 radical (unpaired) electrons. The third-order valence-corrected chi connectivity index (χ3v) is 4.34. The van der Waals surface area contributed by atoms with Crippen molar-refractivity contribution in [3.05, 3.63) is 0 Å². The van der Waals surface area contributed by atoms with Gasteiger partial charge in [-0.1, -0.05) is 13.8 Å². The number of nitrogens with one attached hydrogen (secondary N) is 1. The maximum atomic E-state index is 11.9. The Hall–Kier alpha value is -0.570. The van der Waals surface area contributed by atoms with Gasteiger partial charge in [0.25, 0.3) is 0 Å². The summed E-state index contributed by atoms with van der Waals surface area (Å²) in [6, 6.07) is 0.564. The van der Waals surface area contributed by atoms with Crippen molar-refractivity contribution in [2.24, 2.45) is 5.41 Å². The summed E-state index contributed by atoms with van der Waals surface area (Å²) < 4.78 is 0. The SMILES string of the molecule is CC1(C)CCC(NCC(=O)N2CCCC2)CC1. The van der Waals surface area contributed by atoms with E-state index in [0.29, 0.717) is 23.9 Å². The van der Waals surface area contributed by atoms with Gasteiger partial charge in [0.2, 0.25) is 5.91 Å². The second-order valence-corrected chi connectivity index (χ2v) is 6.41. The van der Waals surface area contributed by atoms with Crippen molar-refractivity contribution in [1.82, 2.24) is 10.2 Å². The van der Waals surface area contributed by atoms with Crippen molar-refractivity contribution in [2.45, 2.75) is 58.4 Å². The fourth-order valence-electron chi connectivity index (χ4n) is 2.91. The minimum absolute atomic E-state index is 0.298. The maximum Gasteiger partial charge on any atom is 0.236 e. The van der Waals surface area contributed by atoms with Gasteiger partial charge < -0.3 is 10.2 Å². The topological polar surface area (TPSA) is 32.3 Å². The smallest absolute Gasteiger partial charge is 0.236 e. The summed E-state index contributed by atoms with van der Waals surface area (Å²) in [6.07, 6.45) is 7.37. The summed E-state index contributed by atoms with van der Waals surface area (Å²) in [5, 5.41) is 3.44. The Morgan fingerprint density at radius 1 is 1.24 bits per heavy atom. The second kappa shape index (κ2) is 5.38. The molecule has 1 amide bonds. The van der Waals surface area contributed by atoms with Crippen molar-refractivity contribution in [3.8, 4) is 0 Å². The lowest BCUT2D eigenvalue weighted by molar-refractivity contribution is -0.129. The van der Waals surface area contributed by atoms with Gasteiger partial charge in [0.15, 0.2) is 0 Å². The van der Waals surface area contributed by atoms with Crippen LogP contribution in [-0.4, -0.2) is 36.5 Å². The molecule has 17 heavy (non-hydrogen) atoms. The highest BCUT2D eigenvalue weighted by Crippen LogP contribution is 2.34. The largest absolute Gasteiger partial charge is 0.342 e. The van der Waals surface area contributed by atoms with Crippen LogP contribution < -0.4 is 5.32 Å². The highest BCUT2D eigenvalue weighted by molar-refractivity contribution is 5.78. The van der Waals surface area contributed by atoms with Gasteiger partial charge in [0, 0.05) is 19.1 Å². The van der Waals surface area contributed by atoms with Crippen LogP contribution in [0, 0.1) is 5.41 Å². The summed E-state index contributed by atoms with van der Waals surface area (Å²) in [5.74, 6) is 0.298. The zero-order valence-electron chi connectivity index (χ0n) is 11.3. The first-order chi connectivity index (χ1) is 8.07. The molecular weight excluding hydrogens is 212 g/mol. The number of carbonyl (C=O) groups is 1. The lowest BCUT2D eigenvalue weighted by Gasteiger charge is -2.34. The molecule has 0 unspecified atom stereocenters. The summed E-state index contributed by atoms with van der Waals surface area (Å²) in [6.45, 7) is 7.18. The minimum atomic E-state index is 0.298. The van der Waals surface area contributed by atoms with E-state index >= 15 is 0 Å².